The Labute approximate surface area is 154 Å². The molecular weight excluding hydrogens is 392 g/mol. The van der Waals surface area contributed by atoms with E-state index in [2.05, 4.69) is 21.0 Å². The van der Waals surface area contributed by atoms with Crippen molar-refractivity contribution >= 4 is 38.3 Å². The molecular formula is C16H23BrN4O2S. The van der Waals surface area contributed by atoms with E-state index in [0.29, 0.717) is 5.92 Å². The molecule has 3 heterocycles. The van der Waals surface area contributed by atoms with Gasteiger partial charge in [0.05, 0.1) is 11.9 Å². The number of aromatic nitrogens is 3. The summed E-state index contributed by atoms with van der Waals surface area (Å²) in [7, 11) is 0. The fraction of sp³-hybridized carbons (Fsp3) is 0.688. The predicted molar refractivity (Wildman–Crippen MR) is 97.6 cm³/mol. The molecule has 0 radical (unpaired) electrons. The van der Waals surface area contributed by atoms with Crippen LogP contribution in [0.25, 0.3) is 4.96 Å². The molecule has 0 saturated carbocycles. The van der Waals surface area contributed by atoms with E-state index in [4.69, 9.17) is 9.72 Å². The second-order valence-electron chi connectivity index (χ2n) is 7.20. The molecule has 6 nitrogen and oxygen atoms in total. The van der Waals surface area contributed by atoms with E-state index < -0.39 is 5.60 Å². The van der Waals surface area contributed by atoms with Gasteiger partial charge in [0.15, 0.2) is 3.92 Å². The quantitative estimate of drug-likeness (QED) is 0.691. The SMILES string of the molecule is CC(C)(C)OC(=O)N1CCCC(c2cn3nc(Br)sc3n2)CCC1. The van der Waals surface area contributed by atoms with Gasteiger partial charge in [0, 0.05) is 19.0 Å². The second-order valence-corrected chi connectivity index (χ2v) is 9.43. The molecule has 2 aromatic rings. The molecule has 0 bridgehead atoms. The van der Waals surface area contributed by atoms with E-state index in [9.17, 15) is 4.79 Å². The molecule has 1 fully saturated rings. The zero-order valence-corrected chi connectivity index (χ0v) is 16.7. The number of amides is 1. The number of hydrogen-bond acceptors (Lipinski definition) is 5. The molecule has 8 heteroatoms. The van der Waals surface area contributed by atoms with E-state index in [1.807, 2.05) is 36.4 Å². The van der Waals surface area contributed by atoms with Gasteiger partial charge < -0.3 is 9.64 Å². The number of hydrogen-bond donors (Lipinski definition) is 0. The molecule has 0 spiro atoms. The van der Waals surface area contributed by atoms with Crippen molar-refractivity contribution < 1.29 is 9.53 Å². The van der Waals surface area contributed by atoms with Crippen molar-refractivity contribution in [1.82, 2.24) is 19.5 Å². The zero-order chi connectivity index (χ0) is 17.3. The van der Waals surface area contributed by atoms with Crippen LogP contribution in [0.1, 0.15) is 58.1 Å². The molecule has 0 N–H and O–H groups in total. The Kier molecular flexibility index (Phi) is 5.15. The fourth-order valence-electron chi connectivity index (χ4n) is 3.01. The fourth-order valence-corrected chi connectivity index (χ4v) is 4.23. The molecule has 2 aromatic heterocycles. The normalized spacial score (nSPS) is 17.8. The maximum atomic E-state index is 12.2. The van der Waals surface area contributed by atoms with Crippen LogP contribution in [0.2, 0.25) is 0 Å². The lowest BCUT2D eigenvalue weighted by atomic mass is 9.93. The minimum absolute atomic E-state index is 0.197. The van der Waals surface area contributed by atoms with Crippen molar-refractivity contribution in [1.29, 1.82) is 0 Å². The molecule has 0 atom stereocenters. The van der Waals surface area contributed by atoms with Gasteiger partial charge in [0.25, 0.3) is 0 Å². The van der Waals surface area contributed by atoms with Gasteiger partial charge >= 0.3 is 6.09 Å². The van der Waals surface area contributed by atoms with Crippen molar-refractivity contribution in [2.24, 2.45) is 0 Å². The molecule has 1 saturated heterocycles. The Balaban J connectivity index is 1.60. The minimum atomic E-state index is -0.439. The van der Waals surface area contributed by atoms with Crippen molar-refractivity contribution in [3.8, 4) is 0 Å². The van der Waals surface area contributed by atoms with Gasteiger partial charge in [-0.2, -0.15) is 0 Å². The van der Waals surface area contributed by atoms with Gasteiger partial charge in [-0.3, -0.25) is 0 Å². The molecule has 132 valence electrons. The molecule has 3 rings (SSSR count). The Bertz CT molecular complexity index is 680. The van der Waals surface area contributed by atoms with E-state index >= 15 is 0 Å². The lowest BCUT2D eigenvalue weighted by molar-refractivity contribution is 0.0233. The van der Waals surface area contributed by atoms with Crippen LogP contribution in [0.4, 0.5) is 4.79 Å². The van der Waals surface area contributed by atoms with Crippen molar-refractivity contribution in [3.63, 3.8) is 0 Å². The highest BCUT2D eigenvalue weighted by Gasteiger charge is 2.25. The summed E-state index contributed by atoms with van der Waals surface area (Å²) in [5, 5.41) is 4.36. The van der Waals surface area contributed by atoms with Crippen molar-refractivity contribution in [3.05, 3.63) is 15.8 Å². The number of rotatable bonds is 1. The molecule has 0 aromatic carbocycles. The minimum Gasteiger partial charge on any atom is -0.444 e. The number of nitrogens with zero attached hydrogens (tertiary/aromatic N) is 4. The van der Waals surface area contributed by atoms with Crippen molar-refractivity contribution in [2.45, 2.75) is 58.0 Å². The van der Waals surface area contributed by atoms with Crippen LogP contribution in [-0.4, -0.2) is 44.3 Å². The van der Waals surface area contributed by atoms with Crippen LogP contribution in [0.5, 0.6) is 0 Å². The number of carbonyl (C=O) groups is 1. The first-order valence-electron chi connectivity index (χ1n) is 8.31. The van der Waals surface area contributed by atoms with Gasteiger partial charge in [-0.05, 0) is 62.4 Å². The summed E-state index contributed by atoms with van der Waals surface area (Å²) in [6.07, 6.45) is 5.83. The van der Waals surface area contributed by atoms with Crippen LogP contribution < -0.4 is 0 Å². The number of carbonyl (C=O) groups excluding carboxylic acids is 1. The van der Waals surface area contributed by atoms with E-state index in [1.165, 1.54) is 0 Å². The van der Waals surface area contributed by atoms with E-state index in [0.717, 1.165) is 53.3 Å². The molecule has 1 amide bonds. The highest BCUT2D eigenvalue weighted by Crippen LogP contribution is 2.30. The first kappa shape index (κ1) is 17.7. The Morgan fingerprint density at radius 1 is 1.33 bits per heavy atom. The predicted octanol–water partition coefficient (Wildman–Crippen LogP) is 4.45. The second kappa shape index (κ2) is 7.00. The maximum Gasteiger partial charge on any atom is 0.410 e. The molecule has 0 aliphatic carbocycles. The van der Waals surface area contributed by atoms with Crippen LogP contribution in [0.15, 0.2) is 10.1 Å². The molecule has 1 aliphatic heterocycles. The molecule has 1 aliphatic rings. The summed E-state index contributed by atoms with van der Waals surface area (Å²) in [5.41, 5.74) is 0.679. The highest BCUT2D eigenvalue weighted by molar-refractivity contribution is 9.11. The number of halogens is 1. The summed E-state index contributed by atoms with van der Waals surface area (Å²) < 4.78 is 8.18. The first-order valence-corrected chi connectivity index (χ1v) is 9.92. The smallest absolute Gasteiger partial charge is 0.410 e. The van der Waals surface area contributed by atoms with Crippen LogP contribution in [0.3, 0.4) is 0 Å². The number of imidazole rings is 1. The largest absolute Gasteiger partial charge is 0.444 e. The number of ether oxygens (including phenoxy) is 1. The average Bonchev–Trinajstić information content (AvgIpc) is 2.93. The molecule has 0 unspecified atom stereocenters. The third-order valence-electron chi connectivity index (χ3n) is 4.07. The van der Waals surface area contributed by atoms with Crippen LogP contribution in [-0.2, 0) is 4.74 Å². The first-order chi connectivity index (χ1) is 11.3. The Morgan fingerprint density at radius 3 is 2.58 bits per heavy atom. The van der Waals surface area contributed by atoms with Gasteiger partial charge in [0.1, 0.15) is 5.60 Å². The zero-order valence-electron chi connectivity index (χ0n) is 14.3. The Morgan fingerprint density at radius 2 is 2.00 bits per heavy atom. The summed E-state index contributed by atoms with van der Waals surface area (Å²) in [5.74, 6) is 0.443. The van der Waals surface area contributed by atoms with Gasteiger partial charge in [0.2, 0.25) is 4.96 Å². The van der Waals surface area contributed by atoms with E-state index in [1.54, 1.807) is 11.3 Å². The standard InChI is InChI=1S/C16H23BrN4O2S/c1-16(2,3)23-15(22)20-8-4-6-11(7-5-9-20)12-10-21-14(18-12)24-13(17)19-21/h10-11H,4-9H2,1-3H3. The third-order valence-corrected chi connectivity index (χ3v) is 5.42. The summed E-state index contributed by atoms with van der Waals surface area (Å²) in [4.78, 5) is 19.7. The maximum absolute atomic E-state index is 12.2. The van der Waals surface area contributed by atoms with Gasteiger partial charge in [-0.1, -0.05) is 11.3 Å². The number of fused-ring (bicyclic) bond motifs is 1. The Hall–Kier alpha value is -1.15. The summed E-state index contributed by atoms with van der Waals surface area (Å²) >= 11 is 4.93. The topological polar surface area (TPSA) is 59.7 Å². The lowest BCUT2D eigenvalue weighted by Crippen LogP contribution is -2.38. The van der Waals surface area contributed by atoms with Gasteiger partial charge in [-0.15, -0.1) is 5.10 Å². The van der Waals surface area contributed by atoms with Crippen molar-refractivity contribution in [2.75, 3.05) is 13.1 Å². The summed E-state index contributed by atoms with van der Waals surface area (Å²) in [6.45, 7) is 7.21. The highest BCUT2D eigenvalue weighted by atomic mass is 79.9. The van der Waals surface area contributed by atoms with Gasteiger partial charge in [-0.25, -0.2) is 14.3 Å². The lowest BCUT2D eigenvalue weighted by Gasteiger charge is -2.30. The average molecular weight is 415 g/mol. The van der Waals surface area contributed by atoms with Crippen LogP contribution >= 0.6 is 27.3 Å². The van der Waals surface area contributed by atoms with E-state index in [-0.39, 0.29) is 6.09 Å². The summed E-state index contributed by atoms with van der Waals surface area (Å²) in [6, 6.07) is 0. The number of likely N-dealkylation sites (tertiary alicyclic amines) is 1. The third kappa shape index (κ3) is 4.27. The molecule has 24 heavy (non-hydrogen) atoms. The monoisotopic (exact) mass is 414 g/mol. The van der Waals surface area contributed by atoms with Crippen LogP contribution in [0, 0.1) is 0 Å².